The van der Waals surface area contributed by atoms with Gasteiger partial charge in [0.2, 0.25) is 0 Å². The second kappa shape index (κ2) is 2.96. The third-order valence-electron chi connectivity index (χ3n) is 3.04. The van der Waals surface area contributed by atoms with Crippen LogP contribution < -0.4 is 0 Å². The van der Waals surface area contributed by atoms with Gasteiger partial charge in [0.25, 0.3) is 0 Å². The molecule has 0 bridgehead atoms. The fraction of sp³-hybridized carbons (Fsp3) is 1.00. The molecule has 76 valence electrons. The number of ether oxygens (including phenoxy) is 2. The molecule has 0 N–H and O–H groups in total. The largest absolute Gasteiger partial charge is 0.349 e. The zero-order valence-corrected chi connectivity index (χ0v) is 8.93. The molecule has 1 aliphatic heterocycles. The van der Waals surface area contributed by atoms with Gasteiger partial charge in [-0.3, -0.25) is 0 Å². The van der Waals surface area contributed by atoms with E-state index in [0.29, 0.717) is 5.92 Å². The van der Waals surface area contributed by atoms with Gasteiger partial charge in [0.1, 0.15) is 0 Å². The molecular weight excluding hydrogens is 164 g/mol. The van der Waals surface area contributed by atoms with Crippen LogP contribution in [0, 0.1) is 11.3 Å². The molecule has 1 heterocycles. The van der Waals surface area contributed by atoms with Crippen molar-refractivity contribution >= 4 is 0 Å². The lowest BCUT2D eigenvalue weighted by molar-refractivity contribution is -0.250. The monoisotopic (exact) mass is 184 g/mol. The average molecular weight is 184 g/mol. The Labute approximate surface area is 80.6 Å². The van der Waals surface area contributed by atoms with Crippen LogP contribution in [0.1, 0.15) is 40.0 Å². The van der Waals surface area contributed by atoms with Crippen LogP contribution in [-0.4, -0.2) is 19.0 Å². The number of rotatable bonds is 2. The van der Waals surface area contributed by atoms with E-state index >= 15 is 0 Å². The Kier molecular flexibility index (Phi) is 2.16. The predicted octanol–water partition coefficient (Wildman–Crippen LogP) is 2.58. The zero-order valence-electron chi connectivity index (χ0n) is 8.93. The molecule has 13 heavy (non-hydrogen) atoms. The molecule has 2 heteroatoms. The van der Waals surface area contributed by atoms with Crippen molar-refractivity contribution in [2.24, 2.45) is 11.3 Å². The zero-order chi connectivity index (χ0) is 9.53. The molecule has 0 radical (unpaired) electrons. The summed E-state index contributed by atoms with van der Waals surface area (Å²) < 4.78 is 11.7. The smallest absolute Gasteiger partial charge is 0.171 e. The lowest BCUT2D eigenvalue weighted by Crippen LogP contribution is -2.40. The summed E-state index contributed by atoms with van der Waals surface area (Å²) in [5.41, 5.74) is 0.213. The minimum absolute atomic E-state index is 0.147. The van der Waals surface area contributed by atoms with Crippen molar-refractivity contribution in [2.75, 3.05) is 13.2 Å². The van der Waals surface area contributed by atoms with Crippen molar-refractivity contribution < 1.29 is 9.47 Å². The minimum atomic E-state index is -0.147. The van der Waals surface area contributed by atoms with E-state index in [0.717, 1.165) is 19.6 Å². The third-order valence-corrected chi connectivity index (χ3v) is 3.04. The van der Waals surface area contributed by atoms with Crippen molar-refractivity contribution in [3.63, 3.8) is 0 Å². The van der Waals surface area contributed by atoms with E-state index in [1.807, 2.05) is 0 Å². The topological polar surface area (TPSA) is 18.5 Å². The Balaban J connectivity index is 1.86. The SMILES string of the molecule is CCC[C@@H]1CC12OCC(C)(C)CO2. The van der Waals surface area contributed by atoms with Crippen LogP contribution in [0.15, 0.2) is 0 Å². The van der Waals surface area contributed by atoms with Crippen molar-refractivity contribution in [3.05, 3.63) is 0 Å². The summed E-state index contributed by atoms with van der Waals surface area (Å²) in [6.45, 7) is 8.31. The molecule has 2 nitrogen and oxygen atoms in total. The molecule has 1 aliphatic carbocycles. The van der Waals surface area contributed by atoms with Gasteiger partial charge < -0.3 is 9.47 Å². The highest BCUT2D eigenvalue weighted by Gasteiger charge is 2.59. The van der Waals surface area contributed by atoms with Gasteiger partial charge in [-0.1, -0.05) is 27.2 Å². The predicted molar refractivity (Wildman–Crippen MR) is 51.4 cm³/mol. The molecule has 1 saturated heterocycles. The van der Waals surface area contributed by atoms with Crippen LogP contribution in [-0.2, 0) is 9.47 Å². The fourth-order valence-electron chi connectivity index (χ4n) is 2.03. The average Bonchev–Trinajstić information content (AvgIpc) is 2.73. The molecule has 1 atom stereocenters. The summed E-state index contributed by atoms with van der Waals surface area (Å²) in [5, 5.41) is 0. The van der Waals surface area contributed by atoms with Gasteiger partial charge in [-0.2, -0.15) is 0 Å². The maximum Gasteiger partial charge on any atom is 0.171 e. The summed E-state index contributed by atoms with van der Waals surface area (Å²) in [6.07, 6.45) is 3.61. The number of hydrogen-bond acceptors (Lipinski definition) is 2. The normalized spacial score (nSPS) is 34.8. The van der Waals surface area contributed by atoms with E-state index in [2.05, 4.69) is 20.8 Å². The first kappa shape index (κ1) is 9.47. The van der Waals surface area contributed by atoms with Gasteiger partial charge in [-0.25, -0.2) is 0 Å². The number of hydrogen-bond donors (Lipinski definition) is 0. The highest BCUT2D eigenvalue weighted by Crippen LogP contribution is 2.53. The Bertz CT molecular complexity index is 188. The second-order valence-corrected chi connectivity index (χ2v) is 5.24. The first-order valence-corrected chi connectivity index (χ1v) is 5.36. The molecular formula is C11H20O2. The van der Waals surface area contributed by atoms with E-state index in [1.54, 1.807) is 0 Å². The van der Waals surface area contributed by atoms with Crippen LogP contribution in [0.3, 0.4) is 0 Å². The Morgan fingerprint density at radius 3 is 2.38 bits per heavy atom. The quantitative estimate of drug-likeness (QED) is 0.656. The third kappa shape index (κ3) is 1.75. The van der Waals surface area contributed by atoms with E-state index in [-0.39, 0.29) is 11.2 Å². The fourth-order valence-corrected chi connectivity index (χ4v) is 2.03. The highest BCUT2D eigenvalue weighted by atomic mass is 16.7. The van der Waals surface area contributed by atoms with Crippen molar-refractivity contribution in [1.82, 2.24) is 0 Å². The molecule has 0 amide bonds. The molecule has 2 aliphatic rings. The molecule has 0 aromatic heterocycles. The molecule has 2 rings (SSSR count). The van der Waals surface area contributed by atoms with Gasteiger partial charge in [0.15, 0.2) is 5.79 Å². The molecule has 0 aromatic carbocycles. The standard InChI is InChI=1S/C11H20O2/c1-4-5-9-6-11(9)12-7-10(2,3)8-13-11/h9H,4-8H2,1-3H3/t9-/m1/s1. The Hall–Kier alpha value is -0.0800. The first-order chi connectivity index (χ1) is 6.08. The van der Waals surface area contributed by atoms with Crippen LogP contribution in [0.4, 0.5) is 0 Å². The Morgan fingerprint density at radius 1 is 1.23 bits per heavy atom. The lowest BCUT2D eigenvalue weighted by Gasteiger charge is -2.35. The van der Waals surface area contributed by atoms with Crippen LogP contribution >= 0.6 is 0 Å². The van der Waals surface area contributed by atoms with Crippen molar-refractivity contribution in [3.8, 4) is 0 Å². The highest BCUT2D eigenvalue weighted by molar-refractivity contribution is 4.99. The van der Waals surface area contributed by atoms with Gasteiger partial charge in [-0.15, -0.1) is 0 Å². The van der Waals surface area contributed by atoms with E-state index < -0.39 is 0 Å². The molecule has 1 spiro atoms. The summed E-state index contributed by atoms with van der Waals surface area (Å²) in [7, 11) is 0. The summed E-state index contributed by atoms with van der Waals surface area (Å²) >= 11 is 0. The molecule has 1 saturated carbocycles. The summed E-state index contributed by atoms with van der Waals surface area (Å²) in [6, 6.07) is 0. The Morgan fingerprint density at radius 2 is 1.85 bits per heavy atom. The van der Waals surface area contributed by atoms with Gasteiger partial charge in [-0.05, 0) is 6.42 Å². The van der Waals surface area contributed by atoms with E-state index in [4.69, 9.17) is 9.47 Å². The van der Waals surface area contributed by atoms with Crippen LogP contribution in [0.25, 0.3) is 0 Å². The second-order valence-electron chi connectivity index (χ2n) is 5.24. The van der Waals surface area contributed by atoms with Gasteiger partial charge >= 0.3 is 0 Å². The van der Waals surface area contributed by atoms with Crippen LogP contribution in [0.5, 0.6) is 0 Å². The lowest BCUT2D eigenvalue weighted by atomic mass is 9.95. The van der Waals surface area contributed by atoms with Crippen LogP contribution in [0.2, 0.25) is 0 Å². The van der Waals surface area contributed by atoms with Gasteiger partial charge in [0, 0.05) is 17.8 Å². The van der Waals surface area contributed by atoms with Crippen molar-refractivity contribution in [1.29, 1.82) is 0 Å². The maximum atomic E-state index is 5.83. The first-order valence-electron chi connectivity index (χ1n) is 5.36. The van der Waals surface area contributed by atoms with Crippen molar-refractivity contribution in [2.45, 2.75) is 45.8 Å². The maximum absolute atomic E-state index is 5.83. The van der Waals surface area contributed by atoms with E-state index in [1.165, 1.54) is 12.8 Å². The molecule has 0 unspecified atom stereocenters. The van der Waals surface area contributed by atoms with E-state index in [9.17, 15) is 0 Å². The molecule has 2 fully saturated rings. The summed E-state index contributed by atoms with van der Waals surface area (Å²) in [4.78, 5) is 0. The molecule has 0 aromatic rings. The minimum Gasteiger partial charge on any atom is -0.349 e. The van der Waals surface area contributed by atoms with Gasteiger partial charge in [0.05, 0.1) is 13.2 Å². The summed E-state index contributed by atoms with van der Waals surface area (Å²) in [5.74, 6) is 0.527.